The molecule has 0 bridgehead atoms. The van der Waals surface area contributed by atoms with Crippen LogP contribution >= 0.6 is 11.8 Å². The second kappa shape index (κ2) is 13.4. The fraction of sp³-hybridized carbons (Fsp3) is 0.0303. The molecule has 0 spiro atoms. The molecule has 0 saturated heterocycles. The van der Waals surface area contributed by atoms with E-state index in [0.717, 1.165) is 21.4 Å². The van der Waals surface area contributed by atoms with Crippen molar-refractivity contribution in [3.05, 3.63) is 132 Å². The molecule has 214 valence electrons. The van der Waals surface area contributed by atoms with E-state index in [0.29, 0.717) is 22.5 Å². The quantitative estimate of drug-likeness (QED) is 0.109. The van der Waals surface area contributed by atoms with E-state index in [4.69, 9.17) is 5.73 Å². The first kappa shape index (κ1) is 28.9. The molecule has 9 nitrogen and oxygen atoms in total. The topological polar surface area (TPSA) is 146 Å². The number of carbonyl (C=O) groups excluding carboxylic acids is 4. The molecule has 4 aromatic carbocycles. The number of aromatic nitrogens is 1. The molecule has 5 rings (SSSR count). The largest absolute Gasteiger partial charge is 0.366 e. The summed E-state index contributed by atoms with van der Waals surface area (Å²) >= 11 is 1.29. The van der Waals surface area contributed by atoms with Crippen LogP contribution < -0.4 is 21.7 Å². The van der Waals surface area contributed by atoms with Crippen LogP contribution in [0.1, 0.15) is 26.3 Å². The molecule has 4 amide bonds. The zero-order chi connectivity index (χ0) is 30.2. The number of benzene rings is 4. The van der Waals surface area contributed by atoms with Gasteiger partial charge in [0.25, 0.3) is 11.8 Å². The van der Waals surface area contributed by atoms with Gasteiger partial charge in [-0.15, -0.1) is 11.8 Å². The maximum absolute atomic E-state index is 13.5. The van der Waals surface area contributed by atoms with Crippen molar-refractivity contribution in [1.82, 2.24) is 10.3 Å². The van der Waals surface area contributed by atoms with Crippen LogP contribution in [0, 0.1) is 0 Å². The van der Waals surface area contributed by atoms with Crippen LogP contribution in [-0.2, 0) is 9.59 Å². The number of amides is 4. The van der Waals surface area contributed by atoms with E-state index < -0.39 is 17.7 Å². The van der Waals surface area contributed by atoms with Gasteiger partial charge < -0.3 is 26.7 Å². The molecule has 1 aromatic heterocycles. The first-order valence-electron chi connectivity index (χ1n) is 13.2. The smallest absolute Gasteiger partial charge is 0.272 e. The number of H-pyrrole nitrogens is 1. The van der Waals surface area contributed by atoms with E-state index >= 15 is 0 Å². The number of rotatable bonds is 10. The zero-order valence-electron chi connectivity index (χ0n) is 22.8. The Morgan fingerprint density at radius 3 is 2.28 bits per heavy atom. The normalized spacial score (nSPS) is 11.1. The van der Waals surface area contributed by atoms with Crippen LogP contribution in [0.2, 0.25) is 0 Å². The van der Waals surface area contributed by atoms with E-state index in [1.165, 1.54) is 11.8 Å². The van der Waals surface area contributed by atoms with E-state index in [1.807, 2.05) is 36.4 Å². The predicted molar refractivity (Wildman–Crippen MR) is 170 cm³/mol. The van der Waals surface area contributed by atoms with Crippen molar-refractivity contribution < 1.29 is 19.2 Å². The van der Waals surface area contributed by atoms with Crippen LogP contribution in [0.5, 0.6) is 0 Å². The third-order valence-corrected chi connectivity index (χ3v) is 7.36. The molecule has 0 aliphatic carbocycles. The number of fused-ring (bicyclic) bond motifs is 1. The van der Waals surface area contributed by atoms with Gasteiger partial charge >= 0.3 is 0 Å². The molecule has 0 unspecified atom stereocenters. The second-order valence-corrected chi connectivity index (χ2v) is 10.5. The Morgan fingerprint density at radius 1 is 0.767 bits per heavy atom. The fourth-order valence-electron chi connectivity index (χ4n) is 4.24. The number of aromatic amines is 1. The van der Waals surface area contributed by atoms with Crippen LogP contribution in [0.25, 0.3) is 17.0 Å². The van der Waals surface area contributed by atoms with Gasteiger partial charge in [-0.05, 0) is 66.7 Å². The Labute approximate surface area is 251 Å². The molecule has 10 heteroatoms. The first-order valence-corrected chi connectivity index (χ1v) is 14.2. The number of nitrogens with one attached hydrogen (secondary N) is 4. The predicted octanol–water partition coefficient (Wildman–Crippen LogP) is 5.41. The Balaban J connectivity index is 1.28. The van der Waals surface area contributed by atoms with Crippen molar-refractivity contribution in [2.45, 2.75) is 4.90 Å². The fourth-order valence-corrected chi connectivity index (χ4v) is 4.99. The first-order chi connectivity index (χ1) is 20.9. The third kappa shape index (κ3) is 7.57. The molecule has 0 radical (unpaired) electrons. The molecule has 43 heavy (non-hydrogen) atoms. The van der Waals surface area contributed by atoms with Gasteiger partial charge in [0.2, 0.25) is 11.8 Å². The standard InChI is InChI=1S/C33H27N5O4S/c34-31(40)21-13-15-24(16-14-21)36-30(39)20-43-26-10-6-9-25(18-26)37-33(42)29(38-32(41)22-7-2-1-3-8-22)17-23-19-35-28-12-5-4-11-27(23)28/h1-19,35H,20H2,(H2,34,40)(H,36,39)(H,37,42)(H,38,41)/b29-17-. The average molecular weight is 590 g/mol. The van der Waals surface area contributed by atoms with Gasteiger partial charge in [0.1, 0.15) is 5.70 Å². The van der Waals surface area contributed by atoms with Crippen molar-refractivity contribution in [1.29, 1.82) is 0 Å². The molecule has 5 aromatic rings. The highest BCUT2D eigenvalue weighted by Crippen LogP contribution is 2.24. The van der Waals surface area contributed by atoms with Gasteiger partial charge in [-0.3, -0.25) is 19.2 Å². The highest BCUT2D eigenvalue weighted by molar-refractivity contribution is 8.00. The second-order valence-electron chi connectivity index (χ2n) is 9.43. The summed E-state index contributed by atoms with van der Waals surface area (Å²) in [7, 11) is 0. The molecule has 0 aliphatic heterocycles. The van der Waals surface area contributed by atoms with Gasteiger partial charge in [0.05, 0.1) is 5.75 Å². The number of hydrogen-bond donors (Lipinski definition) is 5. The van der Waals surface area contributed by atoms with Gasteiger partial charge in [0, 0.05) is 50.1 Å². The average Bonchev–Trinajstić information content (AvgIpc) is 3.43. The number of primary amides is 1. The van der Waals surface area contributed by atoms with Crippen LogP contribution in [0.4, 0.5) is 11.4 Å². The van der Waals surface area contributed by atoms with Crippen LogP contribution in [0.3, 0.4) is 0 Å². The summed E-state index contributed by atoms with van der Waals surface area (Å²) in [5.41, 5.74) is 8.78. The van der Waals surface area contributed by atoms with Gasteiger partial charge in [-0.25, -0.2) is 0 Å². The Morgan fingerprint density at radius 2 is 1.51 bits per heavy atom. The molecular formula is C33H27N5O4S. The van der Waals surface area contributed by atoms with E-state index in [2.05, 4.69) is 20.9 Å². The van der Waals surface area contributed by atoms with Crippen molar-refractivity contribution in [2.75, 3.05) is 16.4 Å². The molecule has 0 fully saturated rings. The summed E-state index contributed by atoms with van der Waals surface area (Å²) < 4.78 is 0. The minimum absolute atomic E-state index is 0.0680. The lowest BCUT2D eigenvalue weighted by Crippen LogP contribution is -2.30. The molecule has 1 heterocycles. The number of carbonyl (C=O) groups is 4. The maximum atomic E-state index is 13.5. The van der Waals surface area contributed by atoms with Crippen molar-refractivity contribution in [3.8, 4) is 0 Å². The molecular weight excluding hydrogens is 562 g/mol. The molecule has 0 saturated carbocycles. The monoisotopic (exact) mass is 589 g/mol. The molecule has 0 aliphatic rings. The number of anilines is 2. The van der Waals surface area contributed by atoms with Crippen molar-refractivity contribution in [3.63, 3.8) is 0 Å². The minimum Gasteiger partial charge on any atom is -0.366 e. The van der Waals surface area contributed by atoms with Crippen LogP contribution in [0.15, 0.2) is 120 Å². The lowest BCUT2D eigenvalue weighted by molar-refractivity contribution is -0.114. The number of hydrogen-bond acceptors (Lipinski definition) is 5. The number of thioether (sulfide) groups is 1. The summed E-state index contributed by atoms with van der Waals surface area (Å²) in [6.45, 7) is 0. The number of para-hydroxylation sites is 1. The summed E-state index contributed by atoms with van der Waals surface area (Å²) in [5, 5.41) is 9.29. The Kier molecular flexibility index (Phi) is 8.99. The van der Waals surface area contributed by atoms with Crippen molar-refractivity contribution >= 4 is 63.7 Å². The Hall–Kier alpha value is -5.61. The minimum atomic E-state index is -0.542. The van der Waals surface area contributed by atoms with Gasteiger partial charge in [-0.2, -0.15) is 0 Å². The summed E-state index contributed by atoms with van der Waals surface area (Å²) in [4.78, 5) is 54.1. The third-order valence-electron chi connectivity index (χ3n) is 6.36. The lowest BCUT2D eigenvalue weighted by Gasteiger charge is -2.12. The lowest BCUT2D eigenvalue weighted by atomic mass is 10.1. The van der Waals surface area contributed by atoms with Gasteiger partial charge in [0.15, 0.2) is 0 Å². The Bertz CT molecular complexity index is 1830. The zero-order valence-corrected chi connectivity index (χ0v) is 23.6. The summed E-state index contributed by atoms with van der Waals surface area (Å²) in [5.74, 6) is -1.58. The number of nitrogens with two attached hydrogens (primary N) is 1. The van der Waals surface area contributed by atoms with E-state index in [1.54, 1.807) is 79.0 Å². The van der Waals surface area contributed by atoms with E-state index in [-0.39, 0.29) is 17.4 Å². The molecule has 0 atom stereocenters. The van der Waals surface area contributed by atoms with Gasteiger partial charge in [-0.1, -0.05) is 42.5 Å². The highest BCUT2D eigenvalue weighted by atomic mass is 32.2. The summed E-state index contributed by atoms with van der Waals surface area (Å²) in [6.07, 6.45) is 3.41. The van der Waals surface area contributed by atoms with E-state index in [9.17, 15) is 19.2 Å². The SMILES string of the molecule is NC(=O)c1ccc(NC(=O)CSc2cccc(NC(=O)/C(=C/c3c[nH]c4ccccc34)NC(=O)c3ccccc3)c2)cc1. The van der Waals surface area contributed by atoms with Crippen LogP contribution in [-0.4, -0.2) is 34.4 Å². The molecule has 6 N–H and O–H groups in total. The summed E-state index contributed by atoms with van der Waals surface area (Å²) in [6, 6.07) is 29.7. The van der Waals surface area contributed by atoms with Crippen molar-refractivity contribution in [2.24, 2.45) is 5.73 Å². The highest BCUT2D eigenvalue weighted by Gasteiger charge is 2.16. The maximum Gasteiger partial charge on any atom is 0.272 e.